The Labute approximate surface area is 164 Å². The van der Waals surface area contributed by atoms with Crippen LogP contribution < -0.4 is 0 Å². The van der Waals surface area contributed by atoms with Gasteiger partial charge in [0.1, 0.15) is 0 Å². The Hall–Kier alpha value is -2.48. The zero-order valence-corrected chi connectivity index (χ0v) is 16.4. The van der Waals surface area contributed by atoms with E-state index in [2.05, 4.69) is 79.1 Å². The molecule has 1 saturated carbocycles. The molecule has 0 saturated heterocycles. The molecule has 1 fully saturated rings. The molecule has 138 valence electrons. The minimum Gasteiger partial charge on any atom is -0.381 e. The Balaban J connectivity index is 1.59. The molecule has 3 rings (SSSR count). The van der Waals surface area contributed by atoms with Gasteiger partial charge in [-0.05, 0) is 67.0 Å². The largest absolute Gasteiger partial charge is 0.381 e. The summed E-state index contributed by atoms with van der Waals surface area (Å²) in [6.45, 7) is 2.07. The first-order chi connectivity index (χ1) is 13.3. The van der Waals surface area contributed by atoms with E-state index in [1.54, 1.807) is 0 Å². The second-order valence-electron chi connectivity index (χ2n) is 7.16. The second-order valence-corrected chi connectivity index (χ2v) is 7.16. The summed E-state index contributed by atoms with van der Waals surface area (Å²) in [6, 6.07) is 17.2. The molecule has 0 unspecified atom stereocenters. The third-order valence-electron chi connectivity index (χ3n) is 5.29. The van der Waals surface area contributed by atoms with E-state index in [0.717, 1.165) is 24.0 Å². The van der Waals surface area contributed by atoms with Crippen molar-refractivity contribution in [1.29, 1.82) is 0 Å². The van der Waals surface area contributed by atoms with Gasteiger partial charge in [-0.15, -0.1) is 5.92 Å². The van der Waals surface area contributed by atoms with E-state index in [-0.39, 0.29) is 0 Å². The van der Waals surface area contributed by atoms with Crippen molar-refractivity contribution in [1.82, 2.24) is 0 Å². The summed E-state index contributed by atoms with van der Waals surface area (Å²) < 4.78 is 5.48. The summed E-state index contributed by atoms with van der Waals surface area (Å²) in [4.78, 5) is 0. The van der Waals surface area contributed by atoms with Gasteiger partial charge in [-0.3, -0.25) is 0 Å². The van der Waals surface area contributed by atoms with Crippen molar-refractivity contribution < 1.29 is 4.74 Å². The van der Waals surface area contributed by atoms with Crippen LogP contribution in [0, 0.1) is 23.7 Å². The first-order valence-electron chi connectivity index (χ1n) is 9.98. The van der Waals surface area contributed by atoms with E-state index in [1.807, 2.05) is 7.11 Å². The van der Waals surface area contributed by atoms with Crippen molar-refractivity contribution in [2.24, 2.45) is 0 Å². The molecule has 0 aromatic heterocycles. The van der Waals surface area contributed by atoms with Gasteiger partial charge in [-0.1, -0.05) is 49.0 Å². The van der Waals surface area contributed by atoms with Crippen LogP contribution in [0.25, 0.3) is 0 Å². The zero-order valence-electron chi connectivity index (χ0n) is 16.4. The van der Waals surface area contributed by atoms with Gasteiger partial charge in [-0.2, -0.15) is 0 Å². The van der Waals surface area contributed by atoms with Crippen LogP contribution in [0.4, 0.5) is 0 Å². The first-order valence-corrected chi connectivity index (χ1v) is 9.98. The molecule has 27 heavy (non-hydrogen) atoms. The lowest BCUT2D eigenvalue weighted by molar-refractivity contribution is 0.0659. The Bertz CT molecular complexity index is 830. The van der Waals surface area contributed by atoms with Crippen molar-refractivity contribution in [2.45, 2.75) is 57.5 Å². The van der Waals surface area contributed by atoms with Crippen LogP contribution in [0.2, 0.25) is 0 Å². The Morgan fingerprint density at radius 3 is 1.96 bits per heavy atom. The highest BCUT2D eigenvalue weighted by Gasteiger charge is 2.21. The van der Waals surface area contributed by atoms with Gasteiger partial charge < -0.3 is 4.74 Å². The van der Waals surface area contributed by atoms with Gasteiger partial charge in [0.25, 0.3) is 0 Å². The Kier molecular flexibility index (Phi) is 7.15. The molecule has 0 amide bonds. The van der Waals surface area contributed by atoms with E-state index >= 15 is 0 Å². The molecule has 2 aromatic rings. The van der Waals surface area contributed by atoms with Crippen LogP contribution in [-0.4, -0.2) is 13.2 Å². The number of hydrogen-bond donors (Lipinski definition) is 0. The number of benzene rings is 2. The number of rotatable bonds is 3. The van der Waals surface area contributed by atoms with Crippen molar-refractivity contribution >= 4 is 0 Å². The highest BCUT2D eigenvalue weighted by Crippen LogP contribution is 2.33. The smallest absolute Gasteiger partial charge is 0.0571 e. The average molecular weight is 357 g/mol. The second kappa shape index (κ2) is 10.0. The quantitative estimate of drug-likeness (QED) is 0.640. The molecule has 1 aliphatic rings. The molecule has 0 bridgehead atoms. The molecule has 0 spiro atoms. The molecule has 2 aromatic carbocycles. The number of ether oxygens (including phenoxy) is 1. The Morgan fingerprint density at radius 1 is 0.815 bits per heavy atom. The molecule has 0 radical (unpaired) electrons. The third-order valence-corrected chi connectivity index (χ3v) is 5.29. The average Bonchev–Trinajstić information content (AvgIpc) is 2.74. The third kappa shape index (κ3) is 5.75. The van der Waals surface area contributed by atoms with Crippen molar-refractivity contribution in [3.05, 3.63) is 70.8 Å². The van der Waals surface area contributed by atoms with E-state index in [4.69, 9.17) is 4.74 Å². The minimum absolute atomic E-state index is 0.455. The molecule has 0 N–H and O–H groups in total. The fourth-order valence-corrected chi connectivity index (χ4v) is 3.61. The lowest BCUT2D eigenvalue weighted by Gasteiger charge is -2.27. The van der Waals surface area contributed by atoms with Crippen molar-refractivity contribution in [3.63, 3.8) is 0 Å². The van der Waals surface area contributed by atoms with Crippen LogP contribution in [0.1, 0.15) is 67.2 Å². The molecular weight excluding hydrogens is 328 g/mol. The molecule has 0 heterocycles. The monoisotopic (exact) mass is 356 g/mol. The predicted molar refractivity (Wildman–Crippen MR) is 113 cm³/mol. The van der Waals surface area contributed by atoms with Gasteiger partial charge in [0, 0.05) is 31.1 Å². The van der Waals surface area contributed by atoms with Crippen LogP contribution in [0.5, 0.6) is 0 Å². The summed E-state index contributed by atoms with van der Waals surface area (Å²) in [5.41, 5.74) is 4.80. The van der Waals surface area contributed by atoms with E-state index in [1.165, 1.54) is 36.8 Å². The first kappa shape index (κ1) is 19.3. The predicted octanol–water partition coefficient (Wildman–Crippen LogP) is 5.71. The van der Waals surface area contributed by atoms with Crippen LogP contribution in [0.3, 0.4) is 0 Å². The van der Waals surface area contributed by atoms with Gasteiger partial charge in [0.2, 0.25) is 0 Å². The molecule has 1 aliphatic carbocycles. The SMILES string of the molecule is CCC#CCc1ccc(C#Cc2ccc(C3CCC(OC)CC3)cc2)cc1. The van der Waals surface area contributed by atoms with Crippen LogP contribution >= 0.6 is 0 Å². The molecule has 1 nitrogen and oxygen atoms in total. The van der Waals surface area contributed by atoms with E-state index < -0.39 is 0 Å². The van der Waals surface area contributed by atoms with Crippen LogP contribution in [-0.2, 0) is 11.2 Å². The van der Waals surface area contributed by atoms with Gasteiger partial charge in [0.05, 0.1) is 6.10 Å². The topological polar surface area (TPSA) is 9.23 Å². The van der Waals surface area contributed by atoms with Crippen molar-refractivity contribution in [2.75, 3.05) is 7.11 Å². The summed E-state index contributed by atoms with van der Waals surface area (Å²) in [6.07, 6.45) is 6.96. The minimum atomic E-state index is 0.455. The fraction of sp³-hybridized carbons (Fsp3) is 0.385. The summed E-state index contributed by atoms with van der Waals surface area (Å²) in [5, 5.41) is 0. The fourth-order valence-electron chi connectivity index (χ4n) is 3.61. The maximum absolute atomic E-state index is 5.48. The summed E-state index contributed by atoms with van der Waals surface area (Å²) >= 11 is 0. The highest BCUT2D eigenvalue weighted by atomic mass is 16.5. The Morgan fingerprint density at radius 2 is 1.41 bits per heavy atom. The van der Waals surface area contributed by atoms with Crippen molar-refractivity contribution in [3.8, 4) is 23.7 Å². The molecular formula is C26H28O. The number of hydrogen-bond acceptors (Lipinski definition) is 1. The summed E-state index contributed by atoms with van der Waals surface area (Å²) in [7, 11) is 1.83. The number of methoxy groups -OCH3 is 1. The van der Waals surface area contributed by atoms with E-state index in [0.29, 0.717) is 12.0 Å². The normalized spacial score (nSPS) is 18.7. The molecule has 0 aliphatic heterocycles. The zero-order chi connectivity index (χ0) is 18.9. The lowest BCUT2D eigenvalue weighted by Crippen LogP contribution is -2.19. The molecule has 1 heteroatoms. The maximum Gasteiger partial charge on any atom is 0.0571 e. The highest BCUT2D eigenvalue weighted by molar-refractivity contribution is 5.44. The molecule has 0 atom stereocenters. The van der Waals surface area contributed by atoms with Gasteiger partial charge in [-0.25, -0.2) is 0 Å². The lowest BCUT2D eigenvalue weighted by atomic mass is 9.82. The van der Waals surface area contributed by atoms with Crippen LogP contribution in [0.15, 0.2) is 48.5 Å². The standard InChI is InChI=1S/C26H28O/c1-3-4-5-6-21-7-9-22(10-8-21)11-12-23-13-15-24(16-14-23)25-17-19-26(27-2)20-18-25/h7-10,13-16,25-26H,3,6,17-20H2,1-2H3. The van der Waals surface area contributed by atoms with Gasteiger partial charge >= 0.3 is 0 Å². The summed E-state index contributed by atoms with van der Waals surface area (Å²) in [5.74, 6) is 13.5. The van der Waals surface area contributed by atoms with E-state index in [9.17, 15) is 0 Å². The van der Waals surface area contributed by atoms with Gasteiger partial charge in [0.15, 0.2) is 0 Å². The maximum atomic E-state index is 5.48.